The number of tetrazole rings is 1. The summed E-state index contributed by atoms with van der Waals surface area (Å²) >= 11 is 1.48. The summed E-state index contributed by atoms with van der Waals surface area (Å²) in [5.74, 6) is 0.177. The number of carbonyl (C=O) groups is 1. The molecule has 24 heavy (non-hydrogen) atoms. The Hall–Kier alpha value is -1.89. The van der Waals surface area contributed by atoms with Gasteiger partial charge < -0.3 is 4.90 Å². The quantitative estimate of drug-likeness (QED) is 0.781. The molecule has 0 radical (unpaired) electrons. The van der Waals surface area contributed by atoms with Crippen LogP contribution in [0.1, 0.15) is 49.0 Å². The topological polar surface area (TPSA) is 63.9 Å². The average Bonchev–Trinajstić information content (AvgIpc) is 3.39. The van der Waals surface area contributed by atoms with Crippen LogP contribution in [-0.4, -0.2) is 44.1 Å². The van der Waals surface area contributed by atoms with Crippen molar-refractivity contribution in [1.82, 2.24) is 25.1 Å². The van der Waals surface area contributed by atoms with E-state index in [0.29, 0.717) is 6.04 Å². The van der Waals surface area contributed by atoms with Gasteiger partial charge in [0.15, 0.2) is 0 Å². The van der Waals surface area contributed by atoms with Gasteiger partial charge in [-0.25, -0.2) is 4.68 Å². The van der Waals surface area contributed by atoms with E-state index < -0.39 is 0 Å². The maximum Gasteiger partial charge on any atom is 0.240 e. The number of benzene rings is 1. The van der Waals surface area contributed by atoms with E-state index in [2.05, 4.69) is 15.5 Å². The van der Waals surface area contributed by atoms with Gasteiger partial charge in [-0.2, -0.15) is 0 Å². The van der Waals surface area contributed by atoms with Gasteiger partial charge in [-0.15, -0.1) is 5.10 Å². The highest BCUT2D eigenvalue weighted by Crippen LogP contribution is 2.41. The zero-order valence-electron chi connectivity index (χ0n) is 13.5. The third kappa shape index (κ3) is 3.31. The van der Waals surface area contributed by atoms with E-state index in [1.165, 1.54) is 18.2 Å². The second-order valence-electron chi connectivity index (χ2n) is 6.43. The van der Waals surface area contributed by atoms with Gasteiger partial charge in [0.05, 0.1) is 6.04 Å². The summed E-state index contributed by atoms with van der Waals surface area (Å²) in [6, 6.07) is 10.4. The Bertz CT molecular complexity index is 694. The van der Waals surface area contributed by atoms with Gasteiger partial charge in [0.2, 0.25) is 11.1 Å². The first kappa shape index (κ1) is 15.6. The van der Waals surface area contributed by atoms with Crippen molar-refractivity contribution in [2.45, 2.75) is 48.6 Å². The molecule has 4 rings (SSSR count). The highest BCUT2D eigenvalue weighted by molar-refractivity contribution is 8.00. The Morgan fingerprint density at radius 2 is 1.88 bits per heavy atom. The second kappa shape index (κ2) is 6.93. The van der Waals surface area contributed by atoms with Crippen molar-refractivity contribution in [3.05, 3.63) is 35.9 Å². The molecule has 0 unspecified atom stereocenters. The molecule has 7 heteroatoms. The van der Waals surface area contributed by atoms with Crippen LogP contribution in [0.3, 0.4) is 0 Å². The molecule has 2 heterocycles. The molecule has 2 aliphatic rings. The molecule has 0 bridgehead atoms. The van der Waals surface area contributed by atoms with Crippen LogP contribution in [0.5, 0.6) is 0 Å². The molecule has 1 aromatic heterocycles. The number of rotatable bonds is 5. The Balaban J connectivity index is 1.60. The summed E-state index contributed by atoms with van der Waals surface area (Å²) < 4.78 is 1.88. The minimum atomic E-state index is -0.284. The Morgan fingerprint density at radius 1 is 1.12 bits per heavy atom. The summed E-state index contributed by atoms with van der Waals surface area (Å²) in [6.45, 7) is 1.71. The van der Waals surface area contributed by atoms with E-state index in [1.54, 1.807) is 0 Å². The lowest BCUT2D eigenvalue weighted by molar-refractivity contribution is -0.131. The number of thioether (sulfide) groups is 1. The summed E-state index contributed by atoms with van der Waals surface area (Å²) in [7, 11) is 0. The summed E-state index contributed by atoms with van der Waals surface area (Å²) in [5, 5.41) is 12.6. The Kier molecular flexibility index (Phi) is 4.51. The molecule has 2 aromatic rings. The molecule has 1 saturated heterocycles. The lowest BCUT2D eigenvalue weighted by Gasteiger charge is -2.30. The van der Waals surface area contributed by atoms with E-state index >= 15 is 0 Å². The zero-order chi connectivity index (χ0) is 16.4. The van der Waals surface area contributed by atoms with Gasteiger partial charge in [-0.1, -0.05) is 42.1 Å². The first-order valence-corrected chi connectivity index (χ1v) is 9.49. The minimum Gasteiger partial charge on any atom is -0.341 e. The highest BCUT2D eigenvalue weighted by Gasteiger charge is 2.33. The van der Waals surface area contributed by atoms with Crippen LogP contribution in [-0.2, 0) is 4.79 Å². The molecule has 1 aromatic carbocycles. The van der Waals surface area contributed by atoms with E-state index in [9.17, 15) is 4.79 Å². The number of likely N-dealkylation sites (tertiary alicyclic amines) is 1. The van der Waals surface area contributed by atoms with Gasteiger partial charge >= 0.3 is 0 Å². The second-order valence-corrected chi connectivity index (χ2v) is 7.50. The SMILES string of the molecule is O=C([C@H](Sc1nnnn1C1CC1)c1ccccc1)N1CCCCC1. The number of aromatic nitrogens is 4. The predicted octanol–water partition coefficient (Wildman–Crippen LogP) is 2.85. The van der Waals surface area contributed by atoms with Crippen LogP contribution < -0.4 is 0 Å². The summed E-state index contributed by atoms with van der Waals surface area (Å²) in [5.41, 5.74) is 1.02. The minimum absolute atomic E-state index is 0.177. The number of nitrogens with zero attached hydrogens (tertiary/aromatic N) is 5. The Labute approximate surface area is 145 Å². The van der Waals surface area contributed by atoms with Gasteiger partial charge in [0.1, 0.15) is 5.25 Å². The lowest BCUT2D eigenvalue weighted by atomic mass is 10.1. The molecule has 1 aliphatic carbocycles. The molecule has 0 N–H and O–H groups in total. The van der Waals surface area contributed by atoms with Crippen molar-refractivity contribution in [3.8, 4) is 0 Å². The maximum absolute atomic E-state index is 13.1. The number of amides is 1. The molecular weight excluding hydrogens is 322 g/mol. The Morgan fingerprint density at radius 3 is 2.58 bits per heavy atom. The van der Waals surface area contributed by atoms with Gasteiger partial charge in [0, 0.05) is 13.1 Å². The molecule has 1 atom stereocenters. The number of hydrogen-bond donors (Lipinski definition) is 0. The van der Waals surface area contributed by atoms with E-state index in [0.717, 1.165) is 49.5 Å². The van der Waals surface area contributed by atoms with E-state index in [-0.39, 0.29) is 11.2 Å². The molecule has 0 spiro atoms. The van der Waals surface area contributed by atoms with Crippen molar-refractivity contribution >= 4 is 17.7 Å². The maximum atomic E-state index is 13.1. The average molecular weight is 343 g/mol. The van der Waals surface area contributed by atoms with Crippen molar-refractivity contribution in [2.24, 2.45) is 0 Å². The highest BCUT2D eigenvalue weighted by atomic mass is 32.2. The predicted molar refractivity (Wildman–Crippen MR) is 91.6 cm³/mol. The normalized spacial score (nSPS) is 19.2. The van der Waals surface area contributed by atoms with E-state index in [1.807, 2.05) is 39.9 Å². The smallest absolute Gasteiger partial charge is 0.240 e. The first-order chi connectivity index (χ1) is 11.8. The van der Waals surface area contributed by atoms with Crippen molar-refractivity contribution in [2.75, 3.05) is 13.1 Å². The third-order valence-corrected chi connectivity index (χ3v) is 5.76. The fourth-order valence-corrected chi connectivity index (χ4v) is 4.22. The van der Waals surface area contributed by atoms with Crippen LogP contribution in [0.25, 0.3) is 0 Å². The lowest BCUT2D eigenvalue weighted by Crippen LogP contribution is -2.38. The third-order valence-electron chi connectivity index (χ3n) is 4.57. The molecule has 1 aliphatic heterocycles. The standard InChI is InChI=1S/C17H21N5OS/c23-16(21-11-5-2-6-12-21)15(13-7-3-1-4-8-13)24-17-18-19-20-22(17)14-9-10-14/h1,3-4,7-8,14-15H,2,5-6,9-12H2/t15-/m1/s1. The first-order valence-electron chi connectivity index (χ1n) is 8.61. The molecular formula is C17H21N5OS. The fraction of sp³-hybridized carbons (Fsp3) is 0.529. The van der Waals surface area contributed by atoms with Gasteiger partial charge in [0.25, 0.3) is 0 Å². The van der Waals surface area contributed by atoms with Gasteiger partial charge in [-0.3, -0.25) is 4.79 Å². The molecule has 126 valence electrons. The molecule has 2 fully saturated rings. The number of piperidine rings is 1. The molecule has 1 amide bonds. The van der Waals surface area contributed by atoms with Crippen molar-refractivity contribution in [3.63, 3.8) is 0 Å². The number of carbonyl (C=O) groups excluding carboxylic acids is 1. The molecule has 1 saturated carbocycles. The fourth-order valence-electron chi connectivity index (χ4n) is 3.09. The van der Waals surface area contributed by atoms with Crippen molar-refractivity contribution in [1.29, 1.82) is 0 Å². The van der Waals surface area contributed by atoms with Crippen molar-refractivity contribution < 1.29 is 4.79 Å². The zero-order valence-corrected chi connectivity index (χ0v) is 14.4. The van der Waals surface area contributed by atoms with Crippen LogP contribution in [0.2, 0.25) is 0 Å². The largest absolute Gasteiger partial charge is 0.341 e. The van der Waals surface area contributed by atoms with Crippen LogP contribution in [0, 0.1) is 0 Å². The van der Waals surface area contributed by atoms with E-state index in [4.69, 9.17) is 0 Å². The van der Waals surface area contributed by atoms with Crippen LogP contribution in [0.4, 0.5) is 0 Å². The van der Waals surface area contributed by atoms with Crippen LogP contribution >= 0.6 is 11.8 Å². The monoisotopic (exact) mass is 343 g/mol. The molecule has 6 nitrogen and oxygen atoms in total. The number of hydrogen-bond acceptors (Lipinski definition) is 5. The summed E-state index contributed by atoms with van der Waals surface area (Å²) in [4.78, 5) is 15.1. The van der Waals surface area contributed by atoms with Crippen LogP contribution in [0.15, 0.2) is 35.5 Å². The summed E-state index contributed by atoms with van der Waals surface area (Å²) in [6.07, 6.45) is 5.64. The van der Waals surface area contributed by atoms with Gasteiger partial charge in [-0.05, 0) is 48.1 Å².